The van der Waals surface area contributed by atoms with Crippen LogP contribution < -0.4 is 4.72 Å². The summed E-state index contributed by atoms with van der Waals surface area (Å²) in [7, 11) is -3.75. The van der Waals surface area contributed by atoms with Crippen molar-refractivity contribution in [2.75, 3.05) is 11.0 Å². The highest BCUT2D eigenvalue weighted by Gasteiger charge is 2.31. The summed E-state index contributed by atoms with van der Waals surface area (Å²) in [6.07, 6.45) is -3.55. The van der Waals surface area contributed by atoms with E-state index in [2.05, 4.69) is 0 Å². The summed E-state index contributed by atoms with van der Waals surface area (Å²) >= 11 is 0. The quantitative estimate of drug-likeness (QED) is 0.850. The maximum Gasteiger partial charge on any atom is 0.416 e. The number of sulfonamides is 1. The second kappa shape index (κ2) is 4.36. The van der Waals surface area contributed by atoms with E-state index in [0.29, 0.717) is 12.1 Å². The van der Waals surface area contributed by atoms with E-state index in [1.165, 1.54) is 0 Å². The zero-order valence-corrected chi connectivity index (χ0v) is 9.39. The Bertz CT molecular complexity index is 537. The van der Waals surface area contributed by atoms with Crippen LogP contribution in [0.25, 0.3) is 0 Å². The monoisotopic (exact) mass is 267 g/mol. The van der Waals surface area contributed by atoms with Gasteiger partial charge in [-0.1, -0.05) is 0 Å². The van der Waals surface area contributed by atoms with Crippen LogP contribution in [0.15, 0.2) is 18.2 Å². The van der Waals surface area contributed by atoms with Gasteiger partial charge in [-0.3, -0.25) is 9.52 Å². The highest BCUT2D eigenvalue weighted by Crippen LogP contribution is 2.32. The lowest BCUT2D eigenvalue weighted by molar-refractivity contribution is -0.137. The molecule has 8 heteroatoms. The lowest BCUT2D eigenvalue weighted by Gasteiger charge is -2.11. The Morgan fingerprint density at radius 3 is 2.29 bits per heavy atom. The zero-order valence-electron chi connectivity index (χ0n) is 8.58. The molecule has 4 nitrogen and oxygen atoms in total. The van der Waals surface area contributed by atoms with Gasteiger partial charge in [0.15, 0.2) is 6.29 Å². The summed E-state index contributed by atoms with van der Waals surface area (Å²) in [6, 6.07) is 2.19. The molecule has 0 aliphatic carbocycles. The van der Waals surface area contributed by atoms with Crippen LogP contribution in [0.1, 0.15) is 15.9 Å². The number of anilines is 1. The molecule has 0 saturated heterocycles. The lowest BCUT2D eigenvalue weighted by Crippen LogP contribution is -2.13. The van der Waals surface area contributed by atoms with Crippen molar-refractivity contribution >= 4 is 22.0 Å². The number of aldehydes is 1. The van der Waals surface area contributed by atoms with Gasteiger partial charge in [0, 0.05) is 5.56 Å². The second-order valence-electron chi connectivity index (χ2n) is 3.29. The average Bonchev–Trinajstić information content (AvgIpc) is 2.13. The normalized spacial score (nSPS) is 12.2. The standard InChI is InChI=1S/C9H8F3NO3S/c1-17(15,16)13-8-4-7(9(10,11)12)3-2-6(8)5-14/h2-5,13H,1H3. The van der Waals surface area contributed by atoms with E-state index >= 15 is 0 Å². The zero-order chi connectivity index (χ0) is 13.3. The van der Waals surface area contributed by atoms with Crippen molar-refractivity contribution in [1.29, 1.82) is 0 Å². The number of benzene rings is 1. The molecule has 0 spiro atoms. The Balaban J connectivity index is 3.30. The summed E-state index contributed by atoms with van der Waals surface area (Å²) in [5.74, 6) is 0. The van der Waals surface area contributed by atoms with Gasteiger partial charge in [0.05, 0.1) is 17.5 Å². The van der Waals surface area contributed by atoms with Crippen molar-refractivity contribution in [3.8, 4) is 0 Å². The van der Waals surface area contributed by atoms with E-state index in [1.54, 1.807) is 0 Å². The largest absolute Gasteiger partial charge is 0.416 e. The van der Waals surface area contributed by atoms with Crippen LogP contribution in [0.3, 0.4) is 0 Å². The van der Waals surface area contributed by atoms with Gasteiger partial charge >= 0.3 is 6.18 Å². The lowest BCUT2D eigenvalue weighted by atomic mass is 10.1. The first-order chi connectivity index (χ1) is 7.63. The molecule has 0 heterocycles. The topological polar surface area (TPSA) is 63.2 Å². The molecular weight excluding hydrogens is 259 g/mol. The number of carbonyl (C=O) groups excluding carboxylic acids is 1. The number of rotatable bonds is 3. The fourth-order valence-electron chi connectivity index (χ4n) is 1.12. The molecule has 0 radical (unpaired) electrons. The molecule has 0 aromatic heterocycles. The molecule has 17 heavy (non-hydrogen) atoms. The first-order valence-electron chi connectivity index (χ1n) is 4.28. The Hall–Kier alpha value is -1.57. The molecule has 0 atom stereocenters. The second-order valence-corrected chi connectivity index (χ2v) is 5.04. The molecule has 1 aromatic rings. The van der Waals surface area contributed by atoms with Crippen LogP contribution in [0.5, 0.6) is 0 Å². The third-order valence-corrected chi connectivity index (χ3v) is 2.39. The molecule has 0 aliphatic heterocycles. The summed E-state index contributed by atoms with van der Waals surface area (Å²) < 4.78 is 60.8. The summed E-state index contributed by atoms with van der Waals surface area (Å²) in [5.41, 5.74) is -1.59. The van der Waals surface area contributed by atoms with Gasteiger partial charge in [-0.2, -0.15) is 13.2 Å². The van der Waals surface area contributed by atoms with Crippen molar-refractivity contribution in [3.05, 3.63) is 29.3 Å². The molecule has 0 fully saturated rings. The molecule has 94 valence electrons. The van der Waals surface area contributed by atoms with Gasteiger partial charge in [-0.05, 0) is 18.2 Å². The Labute approximate surface area is 95.5 Å². The SMILES string of the molecule is CS(=O)(=O)Nc1cc(C(F)(F)F)ccc1C=O. The van der Waals surface area contributed by atoms with Crippen LogP contribution in [-0.2, 0) is 16.2 Å². The fraction of sp³-hybridized carbons (Fsp3) is 0.222. The van der Waals surface area contributed by atoms with Crippen molar-refractivity contribution in [3.63, 3.8) is 0 Å². The third-order valence-electron chi connectivity index (χ3n) is 1.80. The maximum atomic E-state index is 12.4. The molecule has 0 bridgehead atoms. The molecule has 0 saturated carbocycles. The number of hydrogen-bond donors (Lipinski definition) is 1. The van der Waals surface area contributed by atoms with Crippen LogP contribution in [0.4, 0.5) is 18.9 Å². The van der Waals surface area contributed by atoms with Crippen LogP contribution in [0.2, 0.25) is 0 Å². The summed E-state index contributed by atoms with van der Waals surface area (Å²) in [5, 5.41) is 0. The molecule has 0 amide bonds. The first-order valence-corrected chi connectivity index (χ1v) is 6.17. The number of alkyl halides is 3. The first kappa shape index (κ1) is 13.5. The molecular formula is C9H8F3NO3S. The van der Waals surface area contributed by atoms with Gasteiger partial charge in [-0.15, -0.1) is 0 Å². The van der Waals surface area contributed by atoms with Gasteiger partial charge in [0.25, 0.3) is 0 Å². The molecule has 0 aliphatic rings. The molecule has 1 N–H and O–H groups in total. The average molecular weight is 267 g/mol. The van der Waals surface area contributed by atoms with Crippen LogP contribution in [-0.4, -0.2) is 21.0 Å². The van der Waals surface area contributed by atoms with Gasteiger partial charge in [0.1, 0.15) is 0 Å². The maximum absolute atomic E-state index is 12.4. The van der Waals surface area contributed by atoms with Crippen molar-refractivity contribution in [1.82, 2.24) is 0 Å². The minimum absolute atomic E-state index is 0.163. The molecule has 0 unspecified atom stereocenters. The van der Waals surface area contributed by atoms with Crippen molar-refractivity contribution in [2.24, 2.45) is 0 Å². The smallest absolute Gasteiger partial charge is 0.298 e. The summed E-state index contributed by atoms with van der Waals surface area (Å²) in [4.78, 5) is 10.6. The van der Waals surface area contributed by atoms with Crippen LogP contribution >= 0.6 is 0 Å². The van der Waals surface area contributed by atoms with Crippen LogP contribution in [0, 0.1) is 0 Å². The minimum atomic E-state index is -4.60. The third kappa shape index (κ3) is 3.74. The highest BCUT2D eigenvalue weighted by molar-refractivity contribution is 7.92. The van der Waals surface area contributed by atoms with Gasteiger partial charge in [0.2, 0.25) is 10.0 Å². The van der Waals surface area contributed by atoms with Gasteiger partial charge < -0.3 is 0 Å². The highest BCUT2D eigenvalue weighted by atomic mass is 32.2. The molecule has 1 rings (SSSR count). The van der Waals surface area contributed by atoms with Crippen molar-refractivity contribution < 1.29 is 26.4 Å². The predicted octanol–water partition coefficient (Wildman–Crippen LogP) is 1.89. The molecule has 1 aromatic carbocycles. The minimum Gasteiger partial charge on any atom is -0.298 e. The number of nitrogens with one attached hydrogen (secondary N) is 1. The van der Waals surface area contributed by atoms with E-state index in [4.69, 9.17) is 0 Å². The number of hydrogen-bond acceptors (Lipinski definition) is 3. The van der Waals surface area contributed by atoms with Crippen molar-refractivity contribution in [2.45, 2.75) is 6.18 Å². The fourth-order valence-corrected chi connectivity index (χ4v) is 1.70. The van der Waals surface area contributed by atoms with E-state index in [-0.39, 0.29) is 11.8 Å². The number of carbonyl (C=O) groups is 1. The number of halogens is 3. The van der Waals surface area contributed by atoms with E-state index < -0.39 is 27.5 Å². The Morgan fingerprint density at radius 1 is 1.29 bits per heavy atom. The van der Waals surface area contributed by atoms with Gasteiger partial charge in [-0.25, -0.2) is 8.42 Å². The Morgan fingerprint density at radius 2 is 1.88 bits per heavy atom. The van der Waals surface area contributed by atoms with E-state index in [0.717, 1.165) is 12.3 Å². The van der Waals surface area contributed by atoms with E-state index in [1.807, 2.05) is 4.72 Å². The summed E-state index contributed by atoms with van der Waals surface area (Å²) in [6.45, 7) is 0. The Kier molecular flexibility index (Phi) is 3.46. The predicted molar refractivity (Wildman–Crippen MR) is 55.3 cm³/mol. The van der Waals surface area contributed by atoms with E-state index in [9.17, 15) is 26.4 Å².